The molecule has 35 heavy (non-hydrogen) atoms. The van der Waals surface area contributed by atoms with Gasteiger partial charge in [-0.05, 0) is 60.5 Å². The molecular formula is C25H26N2O7S. The Hall–Kier alpha value is -3.76. The maximum absolute atomic E-state index is 12.5. The Morgan fingerprint density at radius 3 is 2.37 bits per heavy atom. The highest BCUT2D eigenvalue weighted by molar-refractivity contribution is 7.89. The van der Waals surface area contributed by atoms with Crippen molar-refractivity contribution in [2.75, 3.05) is 11.9 Å². The molecule has 0 saturated carbocycles. The molecule has 0 radical (unpaired) electrons. The van der Waals surface area contributed by atoms with Gasteiger partial charge < -0.3 is 14.5 Å². The van der Waals surface area contributed by atoms with Crippen LogP contribution < -0.4 is 10.0 Å². The van der Waals surface area contributed by atoms with Crippen molar-refractivity contribution in [1.82, 2.24) is 4.72 Å². The van der Waals surface area contributed by atoms with E-state index in [1.54, 1.807) is 24.3 Å². The van der Waals surface area contributed by atoms with Crippen LogP contribution in [0.4, 0.5) is 5.69 Å². The first kappa shape index (κ1) is 25.9. The lowest BCUT2D eigenvalue weighted by molar-refractivity contribution is -0.116. The Morgan fingerprint density at radius 2 is 1.71 bits per heavy atom. The van der Waals surface area contributed by atoms with Crippen LogP contribution in [0.25, 0.3) is 0 Å². The number of ether oxygens (including phenoxy) is 1. The van der Waals surface area contributed by atoms with Crippen LogP contribution >= 0.6 is 0 Å². The van der Waals surface area contributed by atoms with Gasteiger partial charge in [0.25, 0.3) is 0 Å². The minimum absolute atomic E-state index is 0.0121. The van der Waals surface area contributed by atoms with Gasteiger partial charge in [-0.3, -0.25) is 9.59 Å². The summed E-state index contributed by atoms with van der Waals surface area (Å²) in [6.45, 7) is 3.32. The van der Waals surface area contributed by atoms with Crippen LogP contribution in [0.5, 0.6) is 0 Å². The number of carbonyl (C=O) groups excluding carboxylic acids is 3. The van der Waals surface area contributed by atoms with Crippen molar-refractivity contribution in [1.29, 1.82) is 0 Å². The summed E-state index contributed by atoms with van der Waals surface area (Å²) >= 11 is 0. The Morgan fingerprint density at radius 1 is 0.971 bits per heavy atom. The van der Waals surface area contributed by atoms with E-state index in [0.717, 1.165) is 0 Å². The minimum Gasteiger partial charge on any atom is -0.468 e. The quantitative estimate of drug-likeness (QED) is 0.304. The summed E-state index contributed by atoms with van der Waals surface area (Å²) in [4.78, 5) is 36.5. The van der Waals surface area contributed by atoms with Crippen molar-refractivity contribution in [2.24, 2.45) is 5.92 Å². The van der Waals surface area contributed by atoms with E-state index in [-0.39, 0.29) is 28.8 Å². The van der Waals surface area contributed by atoms with Crippen LogP contribution in [0.1, 0.15) is 46.7 Å². The summed E-state index contributed by atoms with van der Waals surface area (Å²) in [7, 11) is -3.90. The number of amides is 1. The van der Waals surface area contributed by atoms with E-state index >= 15 is 0 Å². The van der Waals surface area contributed by atoms with E-state index in [4.69, 9.17) is 9.15 Å². The number of ketones is 1. The van der Waals surface area contributed by atoms with E-state index in [9.17, 15) is 22.8 Å². The zero-order chi connectivity index (χ0) is 25.4. The standard InChI is InChI=1S/C25H26N2O7S/c1-17(2)13-24(29)27-20-10-8-18(9-11-20)23(28)16-34-25(30)19-5-3-7-22(14-19)35(31,32)26-15-21-6-4-12-33-21/h3-12,14,17,26H,13,15-16H2,1-2H3,(H,27,29). The predicted molar refractivity (Wildman–Crippen MR) is 128 cm³/mol. The van der Waals surface area contributed by atoms with Crippen LogP contribution in [0.3, 0.4) is 0 Å². The van der Waals surface area contributed by atoms with Gasteiger partial charge in [0.05, 0.1) is 23.3 Å². The lowest BCUT2D eigenvalue weighted by Crippen LogP contribution is -2.23. The second-order valence-electron chi connectivity index (χ2n) is 8.15. The molecule has 10 heteroatoms. The second-order valence-corrected chi connectivity index (χ2v) is 9.92. The number of rotatable bonds is 11. The van der Waals surface area contributed by atoms with E-state index < -0.39 is 28.4 Å². The van der Waals surface area contributed by atoms with Crippen molar-refractivity contribution in [3.05, 3.63) is 83.8 Å². The number of hydrogen-bond acceptors (Lipinski definition) is 7. The molecular weight excluding hydrogens is 472 g/mol. The van der Waals surface area contributed by atoms with Crippen molar-refractivity contribution in [3.8, 4) is 0 Å². The number of carbonyl (C=O) groups is 3. The highest BCUT2D eigenvalue weighted by Crippen LogP contribution is 2.15. The molecule has 9 nitrogen and oxygen atoms in total. The van der Waals surface area contributed by atoms with Gasteiger partial charge in [0.1, 0.15) is 5.76 Å². The SMILES string of the molecule is CC(C)CC(=O)Nc1ccc(C(=O)COC(=O)c2cccc(S(=O)(=O)NCc3ccco3)c2)cc1. The Labute approximate surface area is 203 Å². The lowest BCUT2D eigenvalue weighted by Gasteiger charge is -2.09. The first-order valence-corrected chi connectivity index (χ1v) is 12.3. The fraction of sp³-hybridized carbons (Fsp3) is 0.240. The summed E-state index contributed by atoms with van der Waals surface area (Å²) in [6.07, 6.45) is 1.82. The summed E-state index contributed by atoms with van der Waals surface area (Å²) in [5, 5.41) is 2.75. The average Bonchev–Trinajstić information content (AvgIpc) is 3.35. The van der Waals surface area contributed by atoms with Gasteiger partial charge in [0.15, 0.2) is 12.4 Å². The zero-order valence-electron chi connectivity index (χ0n) is 19.3. The summed E-state index contributed by atoms with van der Waals surface area (Å²) in [6, 6.07) is 14.8. The molecule has 0 unspecified atom stereocenters. The molecule has 0 saturated heterocycles. The molecule has 1 aromatic heterocycles. The molecule has 2 N–H and O–H groups in total. The first-order valence-electron chi connectivity index (χ1n) is 10.9. The molecule has 0 aliphatic carbocycles. The largest absolute Gasteiger partial charge is 0.468 e. The zero-order valence-corrected chi connectivity index (χ0v) is 20.1. The van der Waals surface area contributed by atoms with Crippen molar-refractivity contribution < 1.29 is 32.0 Å². The van der Waals surface area contributed by atoms with Gasteiger partial charge in [0, 0.05) is 17.7 Å². The smallest absolute Gasteiger partial charge is 0.338 e. The molecule has 0 atom stereocenters. The fourth-order valence-electron chi connectivity index (χ4n) is 3.07. The number of benzene rings is 2. The molecule has 0 fully saturated rings. The third-order valence-electron chi connectivity index (χ3n) is 4.82. The van der Waals surface area contributed by atoms with Gasteiger partial charge in [0.2, 0.25) is 15.9 Å². The third-order valence-corrected chi connectivity index (χ3v) is 6.21. The summed E-state index contributed by atoms with van der Waals surface area (Å²) in [5.74, 6) is -0.729. The Kier molecular flexibility index (Phi) is 8.56. The Bertz CT molecular complexity index is 1280. The van der Waals surface area contributed by atoms with Crippen LogP contribution in [-0.4, -0.2) is 32.7 Å². The molecule has 3 rings (SSSR count). The van der Waals surface area contributed by atoms with Crippen LogP contribution in [-0.2, 0) is 26.1 Å². The molecule has 1 amide bonds. The van der Waals surface area contributed by atoms with Crippen molar-refractivity contribution >= 4 is 33.4 Å². The van der Waals surface area contributed by atoms with Crippen molar-refractivity contribution in [3.63, 3.8) is 0 Å². The normalized spacial score (nSPS) is 11.3. The highest BCUT2D eigenvalue weighted by atomic mass is 32.2. The predicted octanol–water partition coefficient (Wildman–Crippen LogP) is 3.78. The number of furan rings is 1. The molecule has 0 aliphatic heterocycles. The van der Waals surface area contributed by atoms with Gasteiger partial charge in [-0.15, -0.1) is 0 Å². The van der Waals surface area contributed by atoms with Crippen LogP contribution in [0.2, 0.25) is 0 Å². The van der Waals surface area contributed by atoms with Crippen LogP contribution in [0.15, 0.2) is 76.2 Å². The molecule has 3 aromatic rings. The number of esters is 1. The maximum Gasteiger partial charge on any atom is 0.338 e. The number of nitrogens with one attached hydrogen (secondary N) is 2. The first-order chi connectivity index (χ1) is 16.6. The lowest BCUT2D eigenvalue weighted by atomic mass is 10.1. The Balaban J connectivity index is 1.56. The third kappa shape index (κ3) is 7.62. The van der Waals surface area contributed by atoms with Gasteiger partial charge in [-0.2, -0.15) is 0 Å². The number of anilines is 1. The second kappa shape index (κ2) is 11.6. The number of Topliss-reactive ketones (excluding diaryl/α,β-unsaturated/α-hetero) is 1. The van der Waals surface area contributed by atoms with Crippen LogP contribution in [0, 0.1) is 5.92 Å². The van der Waals surface area contributed by atoms with Gasteiger partial charge >= 0.3 is 5.97 Å². The maximum atomic E-state index is 12.5. The molecule has 0 aliphatic rings. The highest BCUT2D eigenvalue weighted by Gasteiger charge is 2.18. The molecule has 1 heterocycles. The van der Waals surface area contributed by atoms with Gasteiger partial charge in [-0.25, -0.2) is 17.9 Å². The topological polar surface area (TPSA) is 132 Å². The summed E-state index contributed by atoms with van der Waals surface area (Å²) < 4.78 is 37.6. The number of hydrogen-bond donors (Lipinski definition) is 2. The minimum atomic E-state index is -3.90. The van der Waals surface area contributed by atoms with E-state index in [0.29, 0.717) is 23.4 Å². The monoisotopic (exact) mass is 498 g/mol. The number of sulfonamides is 1. The molecule has 0 bridgehead atoms. The molecule has 2 aromatic carbocycles. The van der Waals surface area contributed by atoms with E-state index in [2.05, 4.69) is 10.0 Å². The molecule has 184 valence electrons. The average molecular weight is 499 g/mol. The van der Waals surface area contributed by atoms with Gasteiger partial charge in [-0.1, -0.05) is 19.9 Å². The summed E-state index contributed by atoms with van der Waals surface area (Å²) in [5.41, 5.74) is 0.850. The van der Waals surface area contributed by atoms with E-state index in [1.807, 2.05) is 13.8 Å². The van der Waals surface area contributed by atoms with E-state index in [1.165, 1.54) is 42.7 Å². The fourth-order valence-corrected chi connectivity index (χ4v) is 4.11. The molecule has 0 spiro atoms. The van der Waals surface area contributed by atoms with Crippen molar-refractivity contribution in [2.45, 2.75) is 31.7 Å².